The number of urea groups is 1. The Bertz CT molecular complexity index is 879. The minimum Gasteiger partial charge on any atom is -0.372 e. The summed E-state index contributed by atoms with van der Waals surface area (Å²) >= 11 is 0. The molecule has 2 fully saturated rings. The molecule has 3 heterocycles. The summed E-state index contributed by atoms with van der Waals surface area (Å²) in [6.45, 7) is 8.97. The normalized spacial score (nSPS) is 22.4. The van der Waals surface area contributed by atoms with Crippen molar-refractivity contribution in [3.05, 3.63) is 54.1 Å². The van der Waals surface area contributed by atoms with E-state index in [1.807, 2.05) is 31.0 Å². The maximum atomic E-state index is 14.8. The summed E-state index contributed by atoms with van der Waals surface area (Å²) in [5, 5.41) is 2.84. The Morgan fingerprint density at radius 2 is 1.90 bits per heavy atom. The van der Waals surface area contributed by atoms with Crippen LogP contribution >= 0.6 is 0 Å². The second-order valence-corrected chi connectivity index (χ2v) is 8.38. The molecule has 7 nitrogen and oxygen atoms in total. The van der Waals surface area contributed by atoms with Crippen molar-refractivity contribution < 1.29 is 13.9 Å². The van der Waals surface area contributed by atoms with Crippen LogP contribution in [0.2, 0.25) is 0 Å². The molecule has 166 valence electrons. The lowest BCUT2D eigenvalue weighted by Gasteiger charge is -2.37. The van der Waals surface area contributed by atoms with E-state index in [-0.39, 0.29) is 24.1 Å². The van der Waals surface area contributed by atoms with Crippen molar-refractivity contribution in [2.75, 3.05) is 49.5 Å². The van der Waals surface area contributed by atoms with Crippen LogP contribution < -0.4 is 10.2 Å². The number of halogens is 1. The number of ether oxygens (including phenoxy) is 1. The molecule has 8 heteroatoms. The molecule has 0 aliphatic carbocycles. The maximum absolute atomic E-state index is 14.8. The van der Waals surface area contributed by atoms with E-state index in [1.54, 1.807) is 23.2 Å². The lowest BCUT2D eigenvalue weighted by atomic mass is 10.2. The van der Waals surface area contributed by atoms with Crippen LogP contribution in [0.1, 0.15) is 19.4 Å². The smallest absolute Gasteiger partial charge is 0.321 e. The third-order valence-electron chi connectivity index (χ3n) is 5.75. The molecular formula is C23H30FN5O2. The molecule has 31 heavy (non-hydrogen) atoms. The number of carbonyl (C=O) groups is 1. The second-order valence-electron chi connectivity index (χ2n) is 8.38. The molecule has 2 aromatic rings. The number of anilines is 2. The molecular weight excluding hydrogens is 397 g/mol. The summed E-state index contributed by atoms with van der Waals surface area (Å²) < 4.78 is 20.5. The first kappa shape index (κ1) is 21.5. The van der Waals surface area contributed by atoms with Gasteiger partial charge in [0.2, 0.25) is 0 Å². The van der Waals surface area contributed by atoms with Gasteiger partial charge in [0.1, 0.15) is 5.82 Å². The molecule has 4 rings (SSSR count). The van der Waals surface area contributed by atoms with E-state index in [4.69, 9.17) is 4.74 Å². The number of morpholine rings is 1. The highest BCUT2D eigenvalue weighted by atomic mass is 19.1. The van der Waals surface area contributed by atoms with Crippen LogP contribution in [0, 0.1) is 5.82 Å². The fourth-order valence-corrected chi connectivity index (χ4v) is 4.28. The Labute approximate surface area is 182 Å². The number of hydrogen-bond donors (Lipinski definition) is 1. The van der Waals surface area contributed by atoms with Crippen molar-refractivity contribution in [3.8, 4) is 0 Å². The molecule has 2 saturated heterocycles. The van der Waals surface area contributed by atoms with E-state index in [0.29, 0.717) is 37.6 Å². The number of amides is 2. The summed E-state index contributed by atoms with van der Waals surface area (Å²) in [5.41, 5.74) is 2.18. The minimum absolute atomic E-state index is 0.0550. The average Bonchev–Trinajstić information content (AvgIpc) is 2.74. The van der Waals surface area contributed by atoms with E-state index in [9.17, 15) is 9.18 Å². The highest BCUT2D eigenvalue weighted by Gasteiger charge is 2.25. The van der Waals surface area contributed by atoms with Crippen LogP contribution in [0.3, 0.4) is 0 Å². The van der Waals surface area contributed by atoms with Crippen molar-refractivity contribution >= 4 is 17.4 Å². The second kappa shape index (κ2) is 9.62. The summed E-state index contributed by atoms with van der Waals surface area (Å²) in [6.07, 6.45) is 3.75. The Balaban J connectivity index is 1.30. The highest BCUT2D eigenvalue weighted by molar-refractivity contribution is 5.89. The molecule has 0 spiro atoms. The number of benzene rings is 1. The standard InChI is InChI=1S/C23H30FN5O2/c1-17-14-29(15-18(2)31-17)22-6-5-20(12-21(22)24)26-23(30)28-10-8-27(9-11-28)16-19-4-3-7-25-13-19/h3-7,12-13,17-18H,8-11,14-16H2,1-2H3,(H,26,30). The monoisotopic (exact) mass is 427 g/mol. The largest absolute Gasteiger partial charge is 0.372 e. The van der Waals surface area contributed by atoms with Gasteiger partial charge in [-0.15, -0.1) is 0 Å². The number of aromatic nitrogens is 1. The van der Waals surface area contributed by atoms with Gasteiger partial charge < -0.3 is 19.9 Å². The number of carbonyl (C=O) groups excluding carboxylic acids is 1. The number of pyridine rings is 1. The maximum Gasteiger partial charge on any atom is 0.321 e. The number of nitrogens with one attached hydrogen (secondary N) is 1. The van der Waals surface area contributed by atoms with Crippen molar-refractivity contribution in [1.82, 2.24) is 14.8 Å². The lowest BCUT2D eigenvalue weighted by molar-refractivity contribution is -0.00539. The van der Waals surface area contributed by atoms with Crippen LogP contribution in [0.5, 0.6) is 0 Å². The molecule has 2 amide bonds. The Hall–Kier alpha value is -2.71. The van der Waals surface area contributed by atoms with Crippen LogP contribution in [-0.4, -0.2) is 72.3 Å². The predicted octanol–water partition coefficient (Wildman–Crippen LogP) is 3.18. The van der Waals surface area contributed by atoms with Gasteiger partial charge >= 0.3 is 6.03 Å². The molecule has 2 atom stereocenters. The quantitative estimate of drug-likeness (QED) is 0.812. The highest BCUT2D eigenvalue weighted by Crippen LogP contribution is 2.26. The van der Waals surface area contributed by atoms with Gasteiger partial charge in [-0.2, -0.15) is 0 Å². The number of rotatable bonds is 4. The van der Waals surface area contributed by atoms with E-state index >= 15 is 0 Å². The molecule has 0 saturated carbocycles. The van der Waals surface area contributed by atoms with Gasteiger partial charge in [-0.1, -0.05) is 6.07 Å². The van der Waals surface area contributed by atoms with Gasteiger partial charge in [0, 0.05) is 63.9 Å². The molecule has 1 aromatic heterocycles. The van der Waals surface area contributed by atoms with E-state index in [0.717, 1.165) is 19.6 Å². The molecule has 0 radical (unpaired) electrons. The van der Waals surface area contributed by atoms with Crippen molar-refractivity contribution in [2.45, 2.75) is 32.6 Å². The molecule has 2 unspecified atom stereocenters. The zero-order valence-electron chi connectivity index (χ0n) is 18.1. The number of nitrogens with zero attached hydrogens (tertiary/aromatic N) is 4. The zero-order valence-corrected chi connectivity index (χ0v) is 18.1. The first-order chi connectivity index (χ1) is 15.0. The molecule has 2 aliphatic rings. The third-order valence-corrected chi connectivity index (χ3v) is 5.75. The fraction of sp³-hybridized carbons (Fsp3) is 0.478. The Morgan fingerprint density at radius 3 is 2.55 bits per heavy atom. The fourth-order valence-electron chi connectivity index (χ4n) is 4.28. The third kappa shape index (κ3) is 5.51. The minimum atomic E-state index is -0.333. The van der Waals surface area contributed by atoms with E-state index in [1.165, 1.54) is 11.6 Å². The van der Waals surface area contributed by atoms with Gasteiger partial charge in [0.05, 0.1) is 17.9 Å². The van der Waals surface area contributed by atoms with E-state index in [2.05, 4.69) is 21.3 Å². The summed E-state index contributed by atoms with van der Waals surface area (Å²) in [6, 6.07) is 8.70. The SMILES string of the molecule is CC1CN(c2ccc(NC(=O)N3CCN(Cc4cccnc4)CC3)cc2F)CC(C)O1. The molecule has 2 aliphatic heterocycles. The first-order valence-corrected chi connectivity index (χ1v) is 10.8. The van der Waals surface area contributed by atoms with Gasteiger partial charge in [0.25, 0.3) is 0 Å². The topological polar surface area (TPSA) is 60.9 Å². The summed E-state index contributed by atoms with van der Waals surface area (Å²) in [4.78, 5) is 22.9. The average molecular weight is 428 g/mol. The van der Waals surface area contributed by atoms with Crippen LogP contribution in [-0.2, 0) is 11.3 Å². The van der Waals surface area contributed by atoms with Gasteiger partial charge in [-0.25, -0.2) is 9.18 Å². The van der Waals surface area contributed by atoms with Crippen LogP contribution in [0.25, 0.3) is 0 Å². The lowest BCUT2D eigenvalue weighted by Crippen LogP contribution is -2.49. The number of piperazine rings is 1. The Kier molecular flexibility index (Phi) is 6.67. The molecule has 1 aromatic carbocycles. The van der Waals surface area contributed by atoms with Crippen LogP contribution in [0.15, 0.2) is 42.7 Å². The van der Waals surface area contributed by atoms with Crippen molar-refractivity contribution in [2.24, 2.45) is 0 Å². The predicted molar refractivity (Wildman–Crippen MR) is 119 cm³/mol. The van der Waals surface area contributed by atoms with Gasteiger partial charge in [-0.05, 0) is 43.7 Å². The summed E-state index contributed by atoms with van der Waals surface area (Å²) in [5.74, 6) is -0.333. The molecule has 1 N–H and O–H groups in total. The molecule has 0 bridgehead atoms. The Morgan fingerprint density at radius 1 is 1.16 bits per heavy atom. The van der Waals surface area contributed by atoms with E-state index < -0.39 is 0 Å². The zero-order chi connectivity index (χ0) is 21.8. The van der Waals surface area contributed by atoms with Crippen molar-refractivity contribution in [3.63, 3.8) is 0 Å². The van der Waals surface area contributed by atoms with Gasteiger partial charge in [0.15, 0.2) is 0 Å². The number of hydrogen-bond acceptors (Lipinski definition) is 5. The summed E-state index contributed by atoms with van der Waals surface area (Å²) in [7, 11) is 0. The van der Waals surface area contributed by atoms with Crippen LogP contribution in [0.4, 0.5) is 20.6 Å². The van der Waals surface area contributed by atoms with Crippen molar-refractivity contribution in [1.29, 1.82) is 0 Å². The first-order valence-electron chi connectivity index (χ1n) is 10.8. The van der Waals surface area contributed by atoms with Gasteiger partial charge in [-0.3, -0.25) is 9.88 Å².